The van der Waals surface area contributed by atoms with Gasteiger partial charge in [0.1, 0.15) is 5.56 Å². The molecule has 1 aliphatic heterocycles. The Bertz CT molecular complexity index is 1120. The molecule has 2 aromatic carbocycles. The van der Waals surface area contributed by atoms with E-state index in [1.165, 1.54) is 7.11 Å². The second kappa shape index (κ2) is 8.90. The normalized spacial score (nSPS) is 16.0. The Kier molecular flexibility index (Phi) is 6.06. The number of carbonyl (C=O) groups excluding carboxylic acids is 1. The summed E-state index contributed by atoms with van der Waals surface area (Å²) >= 11 is 6.32. The monoisotopic (exact) mass is 427 g/mol. The number of halogens is 1. The molecule has 1 aliphatic rings. The summed E-state index contributed by atoms with van der Waals surface area (Å²) in [6.45, 7) is 1.32. The third-order valence-electron chi connectivity index (χ3n) is 5.23. The Morgan fingerprint density at radius 2 is 2.07 bits per heavy atom. The van der Waals surface area contributed by atoms with Crippen molar-refractivity contribution in [3.8, 4) is 5.75 Å². The van der Waals surface area contributed by atoms with E-state index in [-0.39, 0.29) is 18.2 Å². The van der Waals surface area contributed by atoms with E-state index in [4.69, 9.17) is 25.5 Å². The number of hydrogen-bond acceptors (Lipinski definition) is 5. The van der Waals surface area contributed by atoms with Crippen LogP contribution in [0.5, 0.6) is 5.75 Å². The average molecular weight is 428 g/mol. The zero-order valence-corrected chi connectivity index (χ0v) is 17.4. The Balaban J connectivity index is 1.70. The highest BCUT2D eigenvalue weighted by Crippen LogP contribution is 2.26. The largest absolute Gasteiger partial charge is 0.493 e. The van der Waals surface area contributed by atoms with E-state index in [0.717, 1.165) is 18.4 Å². The Hall–Kier alpha value is -2.83. The third-order valence-corrected chi connectivity index (χ3v) is 5.60. The van der Waals surface area contributed by atoms with Crippen molar-refractivity contribution >= 4 is 28.5 Å². The van der Waals surface area contributed by atoms with Crippen LogP contribution >= 0.6 is 11.6 Å². The van der Waals surface area contributed by atoms with E-state index in [0.29, 0.717) is 34.9 Å². The first-order chi connectivity index (χ1) is 14.6. The Labute approximate surface area is 179 Å². The molecule has 1 saturated heterocycles. The Morgan fingerprint density at radius 1 is 1.23 bits per heavy atom. The van der Waals surface area contributed by atoms with Crippen molar-refractivity contribution < 1.29 is 18.7 Å². The Morgan fingerprint density at radius 3 is 2.80 bits per heavy atom. The van der Waals surface area contributed by atoms with Gasteiger partial charge in [0.25, 0.3) is 5.91 Å². The molecule has 4 rings (SSSR count). The van der Waals surface area contributed by atoms with Crippen LogP contribution < -0.4 is 10.4 Å². The van der Waals surface area contributed by atoms with E-state index in [1.54, 1.807) is 35.2 Å². The molecule has 1 amide bonds. The summed E-state index contributed by atoms with van der Waals surface area (Å²) in [5, 5.41) is 1.19. The number of benzene rings is 2. The van der Waals surface area contributed by atoms with E-state index < -0.39 is 11.5 Å². The molecular formula is C23H22ClNO5. The molecule has 0 unspecified atom stereocenters. The van der Waals surface area contributed by atoms with Crippen LogP contribution in [0.2, 0.25) is 5.02 Å². The van der Waals surface area contributed by atoms with Crippen molar-refractivity contribution in [2.24, 2.45) is 0 Å². The van der Waals surface area contributed by atoms with Crippen LogP contribution in [0.3, 0.4) is 0 Å². The summed E-state index contributed by atoms with van der Waals surface area (Å²) in [5.41, 5.74) is 0.394. The number of rotatable bonds is 6. The van der Waals surface area contributed by atoms with E-state index in [2.05, 4.69) is 0 Å². The predicted octanol–water partition coefficient (Wildman–Crippen LogP) is 4.28. The van der Waals surface area contributed by atoms with Crippen LogP contribution in [-0.4, -0.2) is 37.2 Å². The van der Waals surface area contributed by atoms with Crippen LogP contribution in [-0.2, 0) is 11.3 Å². The minimum absolute atomic E-state index is 0.0270. The molecule has 7 heteroatoms. The molecule has 6 nitrogen and oxygen atoms in total. The molecule has 1 fully saturated rings. The molecule has 156 valence electrons. The lowest BCUT2D eigenvalue weighted by Crippen LogP contribution is -2.39. The van der Waals surface area contributed by atoms with Crippen LogP contribution in [0, 0.1) is 0 Å². The number of hydrogen-bond donors (Lipinski definition) is 0. The van der Waals surface area contributed by atoms with Crippen LogP contribution in [0.4, 0.5) is 0 Å². The molecule has 0 saturated carbocycles. The lowest BCUT2D eigenvalue weighted by molar-refractivity contribution is 0.0504. The van der Waals surface area contributed by atoms with Gasteiger partial charge in [0, 0.05) is 30.1 Å². The molecule has 0 bridgehead atoms. The fourth-order valence-corrected chi connectivity index (χ4v) is 3.88. The van der Waals surface area contributed by atoms with Gasteiger partial charge in [-0.15, -0.1) is 0 Å². The first kappa shape index (κ1) is 20.4. The minimum atomic E-state index is -0.700. The first-order valence-electron chi connectivity index (χ1n) is 9.82. The van der Waals surface area contributed by atoms with Crippen molar-refractivity contribution in [1.29, 1.82) is 0 Å². The molecule has 0 aliphatic carbocycles. The highest BCUT2D eigenvalue weighted by atomic mass is 35.5. The first-order valence-corrected chi connectivity index (χ1v) is 10.2. The van der Waals surface area contributed by atoms with Gasteiger partial charge in [-0.25, -0.2) is 4.79 Å². The van der Waals surface area contributed by atoms with Crippen LogP contribution in [0.15, 0.2) is 57.7 Å². The highest BCUT2D eigenvalue weighted by Gasteiger charge is 2.26. The second-order valence-corrected chi connectivity index (χ2v) is 7.65. The fourth-order valence-electron chi connectivity index (χ4n) is 3.68. The van der Waals surface area contributed by atoms with Gasteiger partial charge in [-0.1, -0.05) is 41.9 Å². The summed E-state index contributed by atoms with van der Waals surface area (Å²) in [6.07, 6.45) is 1.76. The maximum atomic E-state index is 13.4. The van der Waals surface area contributed by atoms with Gasteiger partial charge >= 0.3 is 5.63 Å². The lowest BCUT2D eigenvalue weighted by Gasteiger charge is -2.26. The van der Waals surface area contributed by atoms with Gasteiger partial charge < -0.3 is 18.8 Å². The molecule has 0 N–H and O–H groups in total. The number of amides is 1. The van der Waals surface area contributed by atoms with Crippen molar-refractivity contribution in [3.05, 3.63) is 75.1 Å². The van der Waals surface area contributed by atoms with E-state index in [9.17, 15) is 9.59 Å². The smallest absolute Gasteiger partial charge is 0.349 e. The number of carbonyl (C=O) groups is 1. The fraction of sp³-hybridized carbons (Fsp3) is 0.304. The third kappa shape index (κ3) is 4.20. The lowest BCUT2D eigenvalue weighted by atomic mass is 10.1. The zero-order valence-electron chi connectivity index (χ0n) is 16.6. The van der Waals surface area contributed by atoms with Gasteiger partial charge in [-0.2, -0.15) is 0 Å². The maximum absolute atomic E-state index is 13.4. The zero-order chi connectivity index (χ0) is 21.1. The highest BCUT2D eigenvalue weighted by molar-refractivity contribution is 6.31. The van der Waals surface area contributed by atoms with Gasteiger partial charge in [0.2, 0.25) is 0 Å². The number of methoxy groups -OCH3 is 1. The topological polar surface area (TPSA) is 69.0 Å². The van der Waals surface area contributed by atoms with Crippen molar-refractivity contribution in [3.63, 3.8) is 0 Å². The van der Waals surface area contributed by atoms with Crippen molar-refractivity contribution in [1.82, 2.24) is 4.90 Å². The summed E-state index contributed by atoms with van der Waals surface area (Å²) in [5.74, 6) is 0.0276. The number of fused-ring (bicyclic) bond motifs is 1. The molecule has 30 heavy (non-hydrogen) atoms. The van der Waals surface area contributed by atoms with Crippen molar-refractivity contribution in [2.75, 3.05) is 20.3 Å². The molecular weight excluding hydrogens is 406 g/mol. The van der Waals surface area contributed by atoms with Crippen LogP contribution in [0.25, 0.3) is 11.0 Å². The van der Waals surface area contributed by atoms with Gasteiger partial charge in [-0.05, 0) is 36.6 Å². The molecule has 3 aromatic rings. The molecule has 1 atom stereocenters. The summed E-state index contributed by atoms with van der Waals surface area (Å²) in [7, 11) is 1.50. The SMILES string of the molecule is COc1cccc2cc(C(=O)N(Cc3ccccc3Cl)C[C@H]3CCCO3)c(=O)oc12. The summed E-state index contributed by atoms with van der Waals surface area (Å²) in [4.78, 5) is 27.7. The molecule has 0 radical (unpaired) electrons. The van der Waals surface area contributed by atoms with Crippen molar-refractivity contribution in [2.45, 2.75) is 25.5 Å². The van der Waals surface area contributed by atoms with Gasteiger partial charge in [-0.3, -0.25) is 4.79 Å². The molecule has 0 spiro atoms. The summed E-state index contributed by atoms with van der Waals surface area (Å²) in [6, 6.07) is 14.2. The number of nitrogens with zero attached hydrogens (tertiary/aromatic N) is 1. The molecule has 2 heterocycles. The van der Waals surface area contributed by atoms with E-state index >= 15 is 0 Å². The minimum Gasteiger partial charge on any atom is -0.493 e. The van der Waals surface area contributed by atoms with Crippen LogP contribution in [0.1, 0.15) is 28.8 Å². The van der Waals surface area contributed by atoms with Gasteiger partial charge in [0.15, 0.2) is 11.3 Å². The number of ether oxygens (including phenoxy) is 2. The second-order valence-electron chi connectivity index (χ2n) is 7.24. The molecule has 1 aromatic heterocycles. The number of para-hydroxylation sites is 1. The quantitative estimate of drug-likeness (QED) is 0.549. The van der Waals surface area contributed by atoms with Gasteiger partial charge in [0.05, 0.1) is 13.2 Å². The standard InChI is InChI=1S/C23H22ClNO5/c1-28-20-10-4-7-15-12-18(23(27)30-21(15)20)22(26)25(14-17-8-5-11-29-17)13-16-6-2-3-9-19(16)24/h2-4,6-7,9-10,12,17H,5,8,11,13-14H2,1H3/t17-/m1/s1. The summed E-state index contributed by atoms with van der Waals surface area (Å²) < 4.78 is 16.4. The average Bonchev–Trinajstić information content (AvgIpc) is 3.26. The maximum Gasteiger partial charge on any atom is 0.349 e. The predicted molar refractivity (Wildman–Crippen MR) is 114 cm³/mol. The van der Waals surface area contributed by atoms with E-state index in [1.807, 2.05) is 18.2 Å².